The summed E-state index contributed by atoms with van der Waals surface area (Å²) in [7, 11) is 0. The summed E-state index contributed by atoms with van der Waals surface area (Å²) in [4.78, 5) is 11.0. The maximum atomic E-state index is 5.52. The fourth-order valence-corrected chi connectivity index (χ4v) is 1.87. The summed E-state index contributed by atoms with van der Waals surface area (Å²) >= 11 is 3.46. The Kier molecular flexibility index (Phi) is 7.01. The van der Waals surface area contributed by atoms with Crippen molar-refractivity contribution in [2.45, 2.75) is 39.7 Å². The van der Waals surface area contributed by atoms with Crippen LogP contribution < -0.4 is 9.64 Å². The molecular formula is C13H22BrN3O. The molecule has 4 nitrogen and oxygen atoms in total. The number of halogens is 1. The van der Waals surface area contributed by atoms with Gasteiger partial charge in [-0.1, -0.05) is 22.9 Å². The zero-order chi connectivity index (χ0) is 13.4. The van der Waals surface area contributed by atoms with Gasteiger partial charge in [0.1, 0.15) is 0 Å². The highest BCUT2D eigenvalue weighted by Gasteiger charge is 2.12. The second-order valence-corrected chi connectivity index (χ2v) is 5.19. The normalized spacial score (nSPS) is 10.7. The number of anilines is 1. The molecule has 1 rings (SSSR count). The van der Waals surface area contributed by atoms with Gasteiger partial charge in [-0.2, -0.15) is 4.98 Å². The van der Waals surface area contributed by atoms with Crippen molar-refractivity contribution in [2.75, 3.05) is 23.4 Å². The van der Waals surface area contributed by atoms with Gasteiger partial charge in [-0.25, -0.2) is 0 Å². The molecule has 102 valence electrons. The molecule has 18 heavy (non-hydrogen) atoms. The molecule has 0 aliphatic rings. The van der Waals surface area contributed by atoms with E-state index >= 15 is 0 Å². The van der Waals surface area contributed by atoms with Crippen molar-refractivity contribution in [3.05, 3.63) is 12.4 Å². The maximum absolute atomic E-state index is 5.52. The van der Waals surface area contributed by atoms with Crippen molar-refractivity contribution in [2.24, 2.45) is 0 Å². The minimum Gasteiger partial charge on any atom is -0.477 e. The molecule has 0 N–H and O–H groups in total. The maximum Gasteiger partial charge on any atom is 0.234 e. The third-order valence-electron chi connectivity index (χ3n) is 2.50. The van der Waals surface area contributed by atoms with E-state index in [1.54, 1.807) is 12.4 Å². The molecule has 0 saturated carbocycles. The van der Waals surface area contributed by atoms with Crippen LogP contribution in [0.3, 0.4) is 0 Å². The number of nitrogens with zero attached hydrogens (tertiary/aromatic N) is 3. The van der Waals surface area contributed by atoms with E-state index in [2.05, 4.69) is 51.6 Å². The van der Waals surface area contributed by atoms with Crippen LogP contribution in [0.15, 0.2) is 12.4 Å². The lowest BCUT2D eigenvalue weighted by Gasteiger charge is -2.27. The molecule has 0 saturated heterocycles. The Morgan fingerprint density at radius 2 is 2.17 bits per heavy atom. The fourth-order valence-electron chi connectivity index (χ4n) is 1.62. The van der Waals surface area contributed by atoms with Crippen LogP contribution in [0.1, 0.15) is 33.6 Å². The third kappa shape index (κ3) is 4.80. The number of rotatable bonds is 8. The first-order chi connectivity index (χ1) is 8.69. The summed E-state index contributed by atoms with van der Waals surface area (Å²) in [5.74, 6) is 1.50. The fraction of sp³-hybridized carbons (Fsp3) is 0.692. The topological polar surface area (TPSA) is 38.2 Å². The van der Waals surface area contributed by atoms with Gasteiger partial charge in [-0.05, 0) is 26.7 Å². The Labute approximate surface area is 118 Å². The molecule has 1 aromatic heterocycles. The van der Waals surface area contributed by atoms with E-state index < -0.39 is 0 Å². The molecule has 0 aliphatic heterocycles. The molecular weight excluding hydrogens is 294 g/mol. The zero-order valence-electron chi connectivity index (χ0n) is 11.4. The first kappa shape index (κ1) is 15.2. The van der Waals surface area contributed by atoms with Crippen LogP contribution >= 0.6 is 15.9 Å². The number of aromatic nitrogens is 2. The second-order valence-electron chi connectivity index (χ2n) is 4.39. The van der Waals surface area contributed by atoms with Gasteiger partial charge in [0, 0.05) is 17.9 Å². The van der Waals surface area contributed by atoms with Crippen LogP contribution in [0, 0.1) is 0 Å². The van der Waals surface area contributed by atoms with Crippen LogP contribution in [-0.4, -0.2) is 34.5 Å². The van der Waals surface area contributed by atoms with Gasteiger partial charge in [0.05, 0.1) is 19.0 Å². The molecule has 1 aromatic rings. The summed E-state index contributed by atoms with van der Waals surface area (Å²) in [6.07, 6.45) is 5.53. The number of hydrogen-bond donors (Lipinski definition) is 0. The molecule has 0 unspecified atom stereocenters. The van der Waals surface area contributed by atoms with Crippen LogP contribution in [0.2, 0.25) is 0 Å². The summed E-state index contributed by atoms with van der Waals surface area (Å²) in [5.41, 5.74) is 0. The number of hydrogen-bond acceptors (Lipinski definition) is 4. The van der Waals surface area contributed by atoms with Gasteiger partial charge in [-0.15, -0.1) is 0 Å². The molecule has 0 spiro atoms. The first-order valence-electron chi connectivity index (χ1n) is 6.46. The highest BCUT2D eigenvalue weighted by atomic mass is 79.9. The standard InChI is InChI=1S/C13H22BrN3O/c1-4-8-18-13-10-15-9-12(16-13)17(11(2)3)7-5-6-14/h9-11H,4-8H2,1-3H3. The average molecular weight is 316 g/mol. The SMILES string of the molecule is CCCOc1cncc(N(CCCBr)C(C)C)n1. The largest absolute Gasteiger partial charge is 0.477 e. The van der Waals surface area contributed by atoms with Gasteiger partial charge in [0.25, 0.3) is 0 Å². The molecule has 0 bridgehead atoms. The summed E-state index contributed by atoms with van der Waals surface area (Å²) in [6, 6.07) is 0.403. The molecule has 0 atom stereocenters. The smallest absolute Gasteiger partial charge is 0.234 e. The van der Waals surface area contributed by atoms with Crippen molar-refractivity contribution >= 4 is 21.7 Å². The Bertz CT molecular complexity index is 347. The van der Waals surface area contributed by atoms with E-state index in [1.165, 1.54) is 0 Å². The molecule has 0 radical (unpaired) electrons. The minimum atomic E-state index is 0.403. The molecule has 0 amide bonds. The Balaban J connectivity index is 2.77. The van der Waals surface area contributed by atoms with Gasteiger partial charge >= 0.3 is 0 Å². The van der Waals surface area contributed by atoms with E-state index in [0.29, 0.717) is 18.5 Å². The third-order valence-corrected chi connectivity index (χ3v) is 3.06. The van der Waals surface area contributed by atoms with Crippen LogP contribution in [0.5, 0.6) is 5.88 Å². The molecule has 0 fully saturated rings. The predicted molar refractivity (Wildman–Crippen MR) is 78.7 cm³/mol. The van der Waals surface area contributed by atoms with E-state index in [0.717, 1.165) is 30.5 Å². The van der Waals surface area contributed by atoms with Gasteiger partial charge < -0.3 is 9.64 Å². The van der Waals surface area contributed by atoms with Crippen LogP contribution in [0.25, 0.3) is 0 Å². The summed E-state index contributed by atoms with van der Waals surface area (Å²) in [6.45, 7) is 8.05. The lowest BCUT2D eigenvalue weighted by atomic mass is 10.3. The number of alkyl halides is 1. The van der Waals surface area contributed by atoms with Gasteiger partial charge in [0.2, 0.25) is 5.88 Å². The zero-order valence-corrected chi connectivity index (χ0v) is 13.0. The first-order valence-corrected chi connectivity index (χ1v) is 7.58. The highest BCUT2D eigenvalue weighted by molar-refractivity contribution is 9.09. The Morgan fingerprint density at radius 1 is 1.39 bits per heavy atom. The van der Waals surface area contributed by atoms with Gasteiger partial charge in [-0.3, -0.25) is 4.98 Å². The monoisotopic (exact) mass is 315 g/mol. The molecule has 0 aromatic carbocycles. The van der Waals surface area contributed by atoms with Crippen molar-refractivity contribution in [1.29, 1.82) is 0 Å². The van der Waals surface area contributed by atoms with E-state index in [-0.39, 0.29) is 0 Å². The average Bonchev–Trinajstić information content (AvgIpc) is 2.37. The van der Waals surface area contributed by atoms with Gasteiger partial charge in [0.15, 0.2) is 5.82 Å². The summed E-state index contributed by atoms with van der Waals surface area (Å²) < 4.78 is 5.52. The highest BCUT2D eigenvalue weighted by Crippen LogP contribution is 2.17. The van der Waals surface area contributed by atoms with Crippen molar-refractivity contribution in [3.8, 4) is 5.88 Å². The predicted octanol–water partition coefficient (Wildman–Crippen LogP) is 3.27. The second kappa shape index (κ2) is 8.29. The lowest BCUT2D eigenvalue weighted by molar-refractivity contribution is 0.304. The minimum absolute atomic E-state index is 0.403. The van der Waals surface area contributed by atoms with Crippen molar-refractivity contribution in [3.63, 3.8) is 0 Å². The van der Waals surface area contributed by atoms with Crippen LogP contribution in [0.4, 0.5) is 5.82 Å². The van der Waals surface area contributed by atoms with Crippen molar-refractivity contribution in [1.82, 2.24) is 9.97 Å². The number of ether oxygens (including phenoxy) is 1. The quantitative estimate of drug-likeness (QED) is 0.690. The van der Waals surface area contributed by atoms with Crippen LogP contribution in [-0.2, 0) is 0 Å². The Hall–Kier alpha value is -0.840. The molecule has 0 aliphatic carbocycles. The van der Waals surface area contributed by atoms with E-state index in [9.17, 15) is 0 Å². The summed E-state index contributed by atoms with van der Waals surface area (Å²) in [5, 5.41) is 0.996. The van der Waals surface area contributed by atoms with E-state index in [4.69, 9.17) is 4.74 Å². The van der Waals surface area contributed by atoms with Crippen molar-refractivity contribution < 1.29 is 4.74 Å². The molecule has 5 heteroatoms. The molecule has 1 heterocycles. The van der Waals surface area contributed by atoms with E-state index in [1.807, 2.05) is 0 Å². The Morgan fingerprint density at radius 3 is 2.78 bits per heavy atom. The lowest BCUT2D eigenvalue weighted by Crippen LogP contribution is -2.32.